The van der Waals surface area contributed by atoms with Gasteiger partial charge in [-0.15, -0.1) is 28.1 Å². The van der Waals surface area contributed by atoms with Gasteiger partial charge in [-0.25, -0.2) is 4.98 Å². The van der Waals surface area contributed by atoms with Crippen molar-refractivity contribution in [3.63, 3.8) is 0 Å². The summed E-state index contributed by atoms with van der Waals surface area (Å²) in [5.41, 5.74) is 4.53. The first-order valence-electron chi connectivity index (χ1n) is 10.0. The predicted octanol–water partition coefficient (Wildman–Crippen LogP) is 6.08. The average Bonchev–Trinajstić information content (AvgIpc) is 3.41. The highest BCUT2D eigenvalue weighted by atomic mass is 32.2. The highest BCUT2D eigenvalue weighted by molar-refractivity contribution is 7.98. The molecule has 4 aromatic rings. The van der Waals surface area contributed by atoms with Crippen LogP contribution in [0, 0.1) is 13.8 Å². The molecule has 0 amide bonds. The van der Waals surface area contributed by atoms with Crippen LogP contribution in [0.4, 0.5) is 0 Å². The molecule has 2 heterocycles. The van der Waals surface area contributed by atoms with E-state index in [9.17, 15) is 0 Å². The first-order valence-corrected chi connectivity index (χ1v) is 11.9. The van der Waals surface area contributed by atoms with E-state index < -0.39 is 0 Å². The normalized spacial score (nSPS) is 10.9. The van der Waals surface area contributed by atoms with Gasteiger partial charge in [0.15, 0.2) is 11.0 Å². The molecule has 0 radical (unpaired) electrons. The van der Waals surface area contributed by atoms with Gasteiger partial charge in [0.1, 0.15) is 17.4 Å². The summed E-state index contributed by atoms with van der Waals surface area (Å²) in [6.45, 7) is 9.02. The van der Waals surface area contributed by atoms with Crippen molar-refractivity contribution in [3.8, 4) is 16.3 Å². The summed E-state index contributed by atoms with van der Waals surface area (Å²) in [5.74, 6) is 2.39. The van der Waals surface area contributed by atoms with Gasteiger partial charge in [-0.3, -0.25) is 4.57 Å². The molecule has 0 saturated carbocycles. The zero-order valence-corrected chi connectivity index (χ0v) is 19.2. The van der Waals surface area contributed by atoms with Crippen molar-refractivity contribution in [2.24, 2.45) is 0 Å². The Kier molecular flexibility index (Phi) is 6.84. The van der Waals surface area contributed by atoms with Crippen LogP contribution in [0.3, 0.4) is 0 Å². The first-order chi connectivity index (χ1) is 15.2. The first kappa shape index (κ1) is 21.3. The topological polar surface area (TPSA) is 52.8 Å². The minimum atomic E-state index is 0.362. The van der Waals surface area contributed by atoms with Crippen LogP contribution in [0.2, 0.25) is 0 Å². The third-order valence-corrected chi connectivity index (χ3v) is 6.88. The third kappa shape index (κ3) is 5.06. The number of nitrogens with zero attached hydrogens (tertiary/aromatic N) is 4. The number of hydrogen-bond acceptors (Lipinski definition) is 6. The van der Waals surface area contributed by atoms with Crippen LogP contribution < -0.4 is 4.74 Å². The van der Waals surface area contributed by atoms with Gasteiger partial charge in [0.05, 0.1) is 5.69 Å². The molecule has 2 aromatic heterocycles. The van der Waals surface area contributed by atoms with E-state index in [1.54, 1.807) is 23.1 Å². The smallest absolute Gasteiger partial charge is 0.191 e. The van der Waals surface area contributed by atoms with Gasteiger partial charge in [-0.2, -0.15) is 0 Å². The standard InChI is InChI=1S/C24H24N4OS2/c1-4-13-28-22(14-29-21-12-8-9-17(2)18(21)3)26-27-24(28)31-16-20-15-30-23(25-20)19-10-6-5-7-11-19/h4-12,15H,1,13-14,16H2,2-3H3. The van der Waals surface area contributed by atoms with Crippen molar-refractivity contribution >= 4 is 23.1 Å². The number of aryl methyl sites for hydroxylation is 1. The molecule has 0 aliphatic rings. The molecule has 0 saturated heterocycles. The third-order valence-electron chi connectivity index (χ3n) is 4.94. The Morgan fingerprint density at radius 1 is 1.10 bits per heavy atom. The van der Waals surface area contributed by atoms with Crippen molar-refractivity contribution in [1.82, 2.24) is 19.7 Å². The molecule has 4 rings (SSSR count). The van der Waals surface area contributed by atoms with E-state index in [0.717, 1.165) is 44.3 Å². The predicted molar refractivity (Wildman–Crippen MR) is 128 cm³/mol. The molecule has 5 nitrogen and oxygen atoms in total. The number of hydrogen-bond donors (Lipinski definition) is 0. The lowest BCUT2D eigenvalue weighted by molar-refractivity contribution is 0.287. The van der Waals surface area contributed by atoms with Gasteiger partial charge >= 0.3 is 0 Å². The number of rotatable bonds is 9. The van der Waals surface area contributed by atoms with E-state index >= 15 is 0 Å². The van der Waals surface area contributed by atoms with Gasteiger partial charge in [-0.05, 0) is 31.0 Å². The van der Waals surface area contributed by atoms with Crippen LogP contribution in [0.15, 0.2) is 71.7 Å². The Morgan fingerprint density at radius 2 is 1.94 bits per heavy atom. The molecule has 7 heteroatoms. The summed E-state index contributed by atoms with van der Waals surface area (Å²) in [5, 5.41) is 12.7. The molecule has 2 aromatic carbocycles. The monoisotopic (exact) mass is 448 g/mol. The summed E-state index contributed by atoms with van der Waals surface area (Å²) >= 11 is 3.29. The zero-order chi connectivity index (χ0) is 21.6. The maximum Gasteiger partial charge on any atom is 0.191 e. The van der Waals surface area contributed by atoms with Crippen LogP contribution in [0.5, 0.6) is 5.75 Å². The van der Waals surface area contributed by atoms with Crippen LogP contribution in [-0.4, -0.2) is 19.7 Å². The Balaban J connectivity index is 1.44. The van der Waals surface area contributed by atoms with Crippen molar-refractivity contribution < 1.29 is 4.74 Å². The average molecular weight is 449 g/mol. The number of allylic oxidation sites excluding steroid dienone is 1. The summed E-state index contributed by atoms with van der Waals surface area (Å²) in [7, 11) is 0. The lowest BCUT2D eigenvalue weighted by atomic mass is 10.1. The van der Waals surface area contributed by atoms with Crippen molar-refractivity contribution in [2.45, 2.75) is 37.9 Å². The zero-order valence-electron chi connectivity index (χ0n) is 17.6. The quantitative estimate of drug-likeness (QED) is 0.230. The highest BCUT2D eigenvalue weighted by Crippen LogP contribution is 2.28. The fraction of sp³-hybridized carbons (Fsp3) is 0.208. The Hall–Kier alpha value is -2.90. The summed E-state index contributed by atoms with van der Waals surface area (Å²) in [6, 6.07) is 16.3. The molecule has 0 fully saturated rings. The second kappa shape index (κ2) is 9.94. The minimum Gasteiger partial charge on any atom is -0.485 e. The number of thioether (sulfide) groups is 1. The fourth-order valence-electron chi connectivity index (χ4n) is 3.09. The second-order valence-electron chi connectivity index (χ2n) is 7.08. The second-order valence-corrected chi connectivity index (χ2v) is 8.88. The lowest BCUT2D eigenvalue weighted by Crippen LogP contribution is -2.08. The number of thiazole rings is 1. The largest absolute Gasteiger partial charge is 0.485 e. The van der Waals surface area contributed by atoms with Crippen LogP contribution >= 0.6 is 23.1 Å². The molecule has 158 valence electrons. The maximum atomic E-state index is 6.04. The number of ether oxygens (including phenoxy) is 1. The van der Waals surface area contributed by atoms with E-state index in [2.05, 4.69) is 54.2 Å². The van der Waals surface area contributed by atoms with Gasteiger partial charge in [0.25, 0.3) is 0 Å². The molecule has 31 heavy (non-hydrogen) atoms. The molecule has 0 unspecified atom stereocenters. The van der Waals surface area contributed by atoms with E-state index in [1.807, 2.05) is 41.0 Å². The molecular weight excluding hydrogens is 424 g/mol. The Bertz CT molecular complexity index is 1170. The summed E-state index contributed by atoms with van der Waals surface area (Å²) in [4.78, 5) is 4.77. The van der Waals surface area contributed by atoms with E-state index in [-0.39, 0.29) is 0 Å². The minimum absolute atomic E-state index is 0.362. The van der Waals surface area contributed by atoms with Crippen molar-refractivity contribution in [3.05, 3.63) is 89.2 Å². The fourth-order valence-corrected chi connectivity index (χ4v) is 4.88. The maximum absolute atomic E-state index is 6.04. The molecule has 0 aliphatic heterocycles. The van der Waals surface area contributed by atoms with E-state index in [1.165, 1.54) is 5.56 Å². The molecule has 0 N–H and O–H groups in total. The van der Waals surface area contributed by atoms with Crippen molar-refractivity contribution in [1.29, 1.82) is 0 Å². The number of aromatic nitrogens is 4. The van der Waals surface area contributed by atoms with Crippen LogP contribution in [0.25, 0.3) is 10.6 Å². The van der Waals surface area contributed by atoms with E-state index in [0.29, 0.717) is 13.2 Å². The molecule has 0 atom stereocenters. The molecule has 0 aliphatic carbocycles. The molecule has 0 spiro atoms. The van der Waals surface area contributed by atoms with Gasteiger partial charge in [-0.1, -0.05) is 60.3 Å². The highest BCUT2D eigenvalue weighted by Gasteiger charge is 2.14. The van der Waals surface area contributed by atoms with Gasteiger partial charge in [0.2, 0.25) is 0 Å². The van der Waals surface area contributed by atoms with E-state index in [4.69, 9.17) is 9.72 Å². The van der Waals surface area contributed by atoms with Crippen LogP contribution in [0.1, 0.15) is 22.6 Å². The molecular formula is C24H24N4OS2. The molecule has 0 bridgehead atoms. The summed E-state index contributed by atoms with van der Waals surface area (Å²) < 4.78 is 8.09. The summed E-state index contributed by atoms with van der Waals surface area (Å²) in [6.07, 6.45) is 1.85. The lowest BCUT2D eigenvalue weighted by Gasteiger charge is -2.11. The van der Waals surface area contributed by atoms with Crippen molar-refractivity contribution in [2.75, 3.05) is 0 Å². The van der Waals surface area contributed by atoms with Gasteiger partial charge in [0, 0.05) is 23.2 Å². The Morgan fingerprint density at radius 3 is 2.74 bits per heavy atom. The van der Waals surface area contributed by atoms with Crippen LogP contribution in [-0.2, 0) is 18.9 Å². The Labute approximate surface area is 190 Å². The van der Waals surface area contributed by atoms with Gasteiger partial charge < -0.3 is 4.74 Å². The number of benzene rings is 2. The SMILES string of the molecule is C=CCn1c(COc2cccc(C)c2C)nnc1SCc1csc(-c2ccccc2)n1.